The summed E-state index contributed by atoms with van der Waals surface area (Å²) in [7, 11) is 3.80. The van der Waals surface area contributed by atoms with Gasteiger partial charge in [0, 0.05) is 45.4 Å². The first kappa shape index (κ1) is 22.6. The lowest BCUT2D eigenvalue weighted by Gasteiger charge is -2.31. The summed E-state index contributed by atoms with van der Waals surface area (Å²) >= 11 is 0. The molecule has 0 radical (unpaired) electrons. The van der Waals surface area contributed by atoms with E-state index in [1.165, 1.54) is 25.0 Å². The molecule has 1 amide bonds. The first-order valence-electron chi connectivity index (χ1n) is 11.7. The Kier molecular flexibility index (Phi) is 7.04. The lowest BCUT2D eigenvalue weighted by molar-refractivity contribution is -0.132. The third-order valence-electron chi connectivity index (χ3n) is 6.75. The average molecular weight is 440 g/mol. The smallest absolute Gasteiger partial charge is 0.225 e. The minimum absolute atomic E-state index is 0.108. The number of piperidine rings is 1. The van der Waals surface area contributed by atoms with Gasteiger partial charge in [-0.3, -0.25) is 4.79 Å². The van der Waals surface area contributed by atoms with Gasteiger partial charge >= 0.3 is 0 Å². The Balaban J connectivity index is 1.56. The molecule has 0 N–H and O–H groups in total. The molecule has 2 aliphatic heterocycles. The average Bonchev–Trinajstić information content (AvgIpc) is 3.28. The molecule has 6 nitrogen and oxygen atoms in total. The maximum absolute atomic E-state index is 14.0. The van der Waals surface area contributed by atoms with Crippen LogP contribution in [0, 0.1) is 11.7 Å². The summed E-state index contributed by atoms with van der Waals surface area (Å²) in [4.78, 5) is 28.8. The third-order valence-corrected chi connectivity index (χ3v) is 6.75. The summed E-state index contributed by atoms with van der Waals surface area (Å²) in [5.74, 6) is 1.28. The zero-order valence-electron chi connectivity index (χ0n) is 19.4. The minimum Gasteiger partial charge on any atom is -0.347 e. The van der Waals surface area contributed by atoms with Crippen LogP contribution in [-0.2, 0) is 4.79 Å². The van der Waals surface area contributed by atoms with Crippen LogP contribution >= 0.6 is 0 Å². The van der Waals surface area contributed by atoms with Crippen molar-refractivity contribution in [2.24, 2.45) is 5.92 Å². The van der Waals surface area contributed by atoms with Gasteiger partial charge in [-0.2, -0.15) is 0 Å². The highest BCUT2D eigenvalue weighted by Gasteiger charge is 2.33. The first-order chi connectivity index (χ1) is 15.4. The number of carbonyl (C=O) groups is 1. The van der Waals surface area contributed by atoms with E-state index in [1.807, 2.05) is 30.0 Å². The number of anilines is 1. The van der Waals surface area contributed by atoms with Crippen LogP contribution in [0.3, 0.4) is 0 Å². The van der Waals surface area contributed by atoms with Crippen LogP contribution in [0.2, 0.25) is 0 Å². The molecule has 32 heavy (non-hydrogen) atoms. The zero-order chi connectivity index (χ0) is 22.7. The standard InChI is InChI=1S/C25H34FN5O/c1-18-9-13-30(14-10-18)15-11-23(32)31-12-5-8-22(31)24-21(17-27-25(28-24)29(2)3)19-6-4-7-20(26)16-19/h4,6-7,16-18,22H,5,8-15H2,1-3H3/t22-/m0/s1. The number of nitrogens with zero attached hydrogens (tertiary/aromatic N) is 5. The van der Waals surface area contributed by atoms with E-state index in [0.717, 1.165) is 61.8 Å². The van der Waals surface area contributed by atoms with E-state index in [-0.39, 0.29) is 17.8 Å². The van der Waals surface area contributed by atoms with Crippen LogP contribution in [0.4, 0.5) is 10.3 Å². The molecule has 0 unspecified atom stereocenters. The van der Waals surface area contributed by atoms with Crippen molar-refractivity contribution in [2.45, 2.75) is 45.1 Å². The van der Waals surface area contributed by atoms with Crippen molar-refractivity contribution < 1.29 is 9.18 Å². The van der Waals surface area contributed by atoms with Crippen LogP contribution < -0.4 is 4.90 Å². The van der Waals surface area contributed by atoms with Gasteiger partial charge in [0.25, 0.3) is 0 Å². The fourth-order valence-electron chi connectivity index (χ4n) is 4.77. The highest BCUT2D eigenvalue weighted by Crippen LogP contribution is 2.37. The Morgan fingerprint density at radius 3 is 2.69 bits per heavy atom. The van der Waals surface area contributed by atoms with Crippen molar-refractivity contribution in [3.63, 3.8) is 0 Å². The second-order valence-corrected chi connectivity index (χ2v) is 9.39. The first-order valence-corrected chi connectivity index (χ1v) is 11.7. The van der Waals surface area contributed by atoms with Gasteiger partial charge in [0.1, 0.15) is 5.82 Å². The fourth-order valence-corrected chi connectivity index (χ4v) is 4.77. The Hall–Kier alpha value is -2.54. The molecule has 1 atom stereocenters. The monoisotopic (exact) mass is 439 g/mol. The largest absolute Gasteiger partial charge is 0.347 e. The Bertz CT molecular complexity index is 942. The van der Waals surface area contributed by atoms with Gasteiger partial charge in [-0.1, -0.05) is 19.1 Å². The summed E-state index contributed by atoms with van der Waals surface area (Å²) in [5, 5.41) is 0. The van der Waals surface area contributed by atoms with Crippen molar-refractivity contribution in [1.82, 2.24) is 19.8 Å². The van der Waals surface area contributed by atoms with E-state index in [4.69, 9.17) is 4.98 Å². The van der Waals surface area contributed by atoms with Gasteiger partial charge in [-0.05, 0) is 62.4 Å². The van der Waals surface area contributed by atoms with Gasteiger partial charge in [0.05, 0.1) is 11.7 Å². The van der Waals surface area contributed by atoms with Crippen molar-refractivity contribution in [3.05, 3.63) is 42.0 Å². The highest BCUT2D eigenvalue weighted by atomic mass is 19.1. The number of hydrogen-bond donors (Lipinski definition) is 0. The van der Waals surface area contributed by atoms with Gasteiger partial charge in [-0.15, -0.1) is 0 Å². The molecule has 7 heteroatoms. The van der Waals surface area contributed by atoms with Crippen LogP contribution in [-0.4, -0.2) is 65.9 Å². The topological polar surface area (TPSA) is 52.6 Å². The van der Waals surface area contributed by atoms with Crippen LogP contribution in [0.5, 0.6) is 0 Å². The second-order valence-electron chi connectivity index (χ2n) is 9.39. The number of benzene rings is 1. The Morgan fingerprint density at radius 1 is 1.19 bits per heavy atom. The van der Waals surface area contributed by atoms with Gasteiger partial charge in [0.2, 0.25) is 11.9 Å². The quantitative estimate of drug-likeness (QED) is 0.677. The zero-order valence-corrected chi connectivity index (χ0v) is 19.4. The number of carbonyl (C=O) groups excluding carboxylic acids is 1. The molecule has 4 rings (SSSR count). The molecule has 2 aromatic rings. The van der Waals surface area contributed by atoms with Crippen molar-refractivity contribution in [3.8, 4) is 11.1 Å². The van der Waals surface area contributed by atoms with E-state index in [1.54, 1.807) is 12.3 Å². The van der Waals surface area contributed by atoms with Crippen molar-refractivity contribution >= 4 is 11.9 Å². The minimum atomic E-state index is -0.291. The molecule has 172 valence electrons. The number of aromatic nitrogens is 2. The lowest BCUT2D eigenvalue weighted by atomic mass is 9.99. The fraction of sp³-hybridized carbons (Fsp3) is 0.560. The van der Waals surface area contributed by atoms with Gasteiger partial charge in [0.15, 0.2) is 0 Å². The normalized spacial score (nSPS) is 20.0. The molecule has 1 aromatic carbocycles. The van der Waals surface area contributed by atoms with Gasteiger partial charge < -0.3 is 14.7 Å². The molecule has 1 aromatic heterocycles. The Labute approximate surface area is 190 Å². The molecule has 3 heterocycles. The number of halogens is 1. The van der Waals surface area contributed by atoms with E-state index in [9.17, 15) is 9.18 Å². The third kappa shape index (κ3) is 5.09. The van der Waals surface area contributed by atoms with E-state index >= 15 is 0 Å². The lowest BCUT2D eigenvalue weighted by Crippen LogP contribution is -2.38. The van der Waals surface area contributed by atoms with Crippen molar-refractivity contribution in [2.75, 3.05) is 45.2 Å². The highest BCUT2D eigenvalue weighted by molar-refractivity contribution is 5.78. The van der Waals surface area contributed by atoms with Crippen molar-refractivity contribution in [1.29, 1.82) is 0 Å². The van der Waals surface area contributed by atoms with E-state index in [0.29, 0.717) is 12.4 Å². The predicted octanol–water partition coefficient (Wildman–Crippen LogP) is 4.13. The van der Waals surface area contributed by atoms with E-state index in [2.05, 4.69) is 16.8 Å². The molecular formula is C25H34FN5O. The number of amides is 1. The number of hydrogen-bond acceptors (Lipinski definition) is 5. The number of rotatable bonds is 6. The molecule has 0 bridgehead atoms. The molecule has 2 saturated heterocycles. The molecule has 2 aliphatic rings. The summed E-state index contributed by atoms with van der Waals surface area (Å²) < 4.78 is 14.0. The molecular weight excluding hydrogens is 405 g/mol. The molecule has 0 aliphatic carbocycles. The predicted molar refractivity (Wildman–Crippen MR) is 125 cm³/mol. The second kappa shape index (κ2) is 9.94. The van der Waals surface area contributed by atoms with Gasteiger partial charge in [-0.25, -0.2) is 14.4 Å². The molecule has 2 fully saturated rings. The SMILES string of the molecule is CC1CCN(CCC(=O)N2CCC[C@H]2c2nc(N(C)C)ncc2-c2cccc(F)c2)CC1. The van der Waals surface area contributed by atoms with Crippen LogP contribution in [0.25, 0.3) is 11.1 Å². The van der Waals surface area contributed by atoms with Crippen LogP contribution in [0.1, 0.15) is 50.8 Å². The number of likely N-dealkylation sites (tertiary alicyclic amines) is 2. The van der Waals surface area contributed by atoms with Crippen LogP contribution in [0.15, 0.2) is 30.5 Å². The summed E-state index contributed by atoms with van der Waals surface area (Å²) in [6, 6.07) is 6.41. The maximum atomic E-state index is 14.0. The van der Waals surface area contributed by atoms with E-state index < -0.39 is 0 Å². The maximum Gasteiger partial charge on any atom is 0.225 e. The molecule has 0 spiro atoms. The summed E-state index contributed by atoms with van der Waals surface area (Å²) in [6.45, 7) is 6.03. The summed E-state index contributed by atoms with van der Waals surface area (Å²) in [6.07, 6.45) is 6.53. The summed E-state index contributed by atoms with van der Waals surface area (Å²) in [5.41, 5.74) is 2.35. The molecule has 0 saturated carbocycles. The Morgan fingerprint density at radius 2 is 1.97 bits per heavy atom.